The van der Waals surface area contributed by atoms with Crippen LogP contribution in [0.4, 0.5) is 4.39 Å². The predicted octanol–water partition coefficient (Wildman–Crippen LogP) is 2.81. The molecule has 0 saturated carbocycles. The Morgan fingerprint density at radius 2 is 1.84 bits per heavy atom. The van der Waals surface area contributed by atoms with Gasteiger partial charge in [-0.2, -0.15) is 0 Å². The fourth-order valence-electron chi connectivity index (χ4n) is 1.50. The molecule has 0 atom stereocenters. The zero-order valence-electron chi connectivity index (χ0n) is 9.84. The Hall–Kier alpha value is -2.56. The normalized spacial score (nSPS) is 10.2. The summed E-state index contributed by atoms with van der Waals surface area (Å²) in [5.41, 5.74) is 0.156. The zero-order chi connectivity index (χ0) is 13.8. The summed E-state index contributed by atoms with van der Waals surface area (Å²) in [6, 6.07) is 9.67. The summed E-state index contributed by atoms with van der Waals surface area (Å²) in [5, 5.41) is 17.8. The number of carboxylic acid groups (broad SMARTS) is 1. The molecule has 2 rings (SSSR count). The van der Waals surface area contributed by atoms with Gasteiger partial charge in [0.05, 0.1) is 5.56 Å². The molecule has 0 aliphatic carbocycles. The van der Waals surface area contributed by atoms with E-state index >= 15 is 0 Å². The van der Waals surface area contributed by atoms with Gasteiger partial charge in [0.25, 0.3) is 0 Å². The molecule has 0 aliphatic rings. The van der Waals surface area contributed by atoms with Crippen molar-refractivity contribution in [1.29, 1.82) is 0 Å². The highest BCUT2D eigenvalue weighted by Crippen LogP contribution is 2.18. The number of aromatic hydroxyl groups is 1. The molecule has 2 aromatic rings. The minimum Gasteiger partial charge on any atom is -0.508 e. The molecule has 0 bridgehead atoms. The van der Waals surface area contributed by atoms with Crippen molar-refractivity contribution in [3.8, 4) is 11.5 Å². The number of ether oxygens (including phenoxy) is 1. The maximum atomic E-state index is 13.6. The number of benzene rings is 2. The minimum atomic E-state index is -1.18. The van der Waals surface area contributed by atoms with Gasteiger partial charge in [-0.3, -0.25) is 0 Å². The first kappa shape index (κ1) is 12.9. The number of carbonyl (C=O) groups is 1. The van der Waals surface area contributed by atoms with E-state index in [-0.39, 0.29) is 23.5 Å². The van der Waals surface area contributed by atoms with Crippen LogP contribution >= 0.6 is 0 Å². The molecular formula is C14H11FO4. The van der Waals surface area contributed by atoms with Crippen molar-refractivity contribution in [2.24, 2.45) is 0 Å². The van der Waals surface area contributed by atoms with Gasteiger partial charge in [0.1, 0.15) is 23.9 Å². The summed E-state index contributed by atoms with van der Waals surface area (Å²) in [7, 11) is 0. The van der Waals surface area contributed by atoms with E-state index in [2.05, 4.69) is 0 Å². The molecule has 5 heteroatoms. The highest BCUT2D eigenvalue weighted by atomic mass is 19.1. The van der Waals surface area contributed by atoms with Crippen LogP contribution in [0.1, 0.15) is 15.9 Å². The van der Waals surface area contributed by atoms with Crippen LogP contribution in [-0.4, -0.2) is 16.2 Å². The van der Waals surface area contributed by atoms with Crippen molar-refractivity contribution in [3.63, 3.8) is 0 Å². The Labute approximate surface area is 108 Å². The van der Waals surface area contributed by atoms with Crippen LogP contribution in [0.3, 0.4) is 0 Å². The SMILES string of the molecule is O=C(O)c1ccc(COc2ccc(O)cc2)c(F)c1. The van der Waals surface area contributed by atoms with Crippen LogP contribution in [0, 0.1) is 5.82 Å². The molecule has 0 aromatic heterocycles. The lowest BCUT2D eigenvalue weighted by atomic mass is 10.1. The van der Waals surface area contributed by atoms with E-state index in [4.69, 9.17) is 14.9 Å². The van der Waals surface area contributed by atoms with E-state index in [1.165, 1.54) is 24.3 Å². The molecule has 0 heterocycles. The molecule has 19 heavy (non-hydrogen) atoms. The third-order valence-electron chi connectivity index (χ3n) is 2.53. The van der Waals surface area contributed by atoms with E-state index in [1.807, 2.05) is 0 Å². The number of phenolic OH excluding ortho intramolecular Hbond substituents is 1. The zero-order valence-corrected chi connectivity index (χ0v) is 9.84. The van der Waals surface area contributed by atoms with Gasteiger partial charge >= 0.3 is 5.97 Å². The molecule has 0 radical (unpaired) electrons. The van der Waals surface area contributed by atoms with Gasteiger partial charge in [-0.25, -0.2) is 9.18 Å². The fraction of sp³-hybridized carbons (Fsp3) is 0.0714. The first-order valence-corrected chi connectivity index (χ1v) is 5.50. The van der Waals surface area contributed by atoms with Crippen LogP contribution in [0.5, 0.6) is 11.5 Å². The summed E-state index contributed by atoms with van der Waals surface area (Å²) in [4.78, 5) is 10.7. The van der Waals surface area contributed by atoms with Crippen molar-refractivity contribution in [2.45, 2.75) is 6.61 Å². The number of hydrogen-bond donors (Lipinski definition) is 2. The second kappa shape index (κ2) is 5.39. The van der Waals surface area contributed by atoms with Crippen LogP contribution in [0.2, 0.25) is 0 Å². The van der Waals surface area contributed by atoms with Crippen molar-refractivity contribution in [3.05, 3.63) is 59.4 Å². The van der Waals surface area contributed by atoms with Gasteiger partial charge in [-0.15, -0.1) is 0 Å². The van der Waals surface area contributed by atoms with E-state index in [1.54, 1.807) is 12.1 Å². The smallest absolute Gasteiger partial charge is 0.335 e. The molecule has 0 amide bonds. The quantitative estimate of drug-likeness (QED) is 0.889. The van der Waals surface area contributed by atoms with Crippen LogP contribution < -0.4 is 4.74 Å². The van der Waals surface area contributed by atoms with E-state index in [9.17, 15) is 9.18 Å². The molecule has 0 spiro atoms. The Bertz CT molecular complexity index is 593. The lowest BCUT2D eigenvalue weighted by molar-refractivity contribution is 0.0696. The van der Waals surface area contributed by atoms with Gasteiger partial charge in [-0.1, -0.05) is 6.07 Å². The molecule has 4 nitrogen and oxygen atoms in total. The molecule has 2 N–H and O–H groups in total. The van der Waals surface area contributed by atoms with Gasteiger partial charge < -0.3 is 14.9 Å². The maximum absolute atomic E-state index is 13.6. The van der Waals surface area contributed by atoms with Gasteiger partial charge in [0, 0.05) is 5.56 Å². The largest absolute Gasteiger partial charge is 0.508 e. The van der Waals surface area contributed by atoms with Crippen LogP contribution in [0.15, 0.2) is 42.5 Å². The second-order valence-corrected chi connectivity index (χ2v) is 3.89. The third-order valence-corrected chi connectivity index (χ3v) is 2.53. The van der Waals surface area contributed by atoms with Gasteiger partial charge in [0.2, 0.25) is 0 Å². The number of phenols is 1. The summed E-state index contributed by atoms with van der Waals surface area (Å²) >= 11 is 0. The predicted molar refractivity (Wildman–Crippen MR) is 65.8 cm³/mol. The average molecular weight is 262 g/mol. The van der Waals surface area contributed by atoms with Crippen molar-refractivity contribution >= 4 is 5.97 Å². The summed E-state index contributed by atoms with van der Waals surface area (Å²) in [5.74, 6) is -1.20. The van der Waals surface area contributed by atoms with Gasteiger partial charge in [-0.05, 0) is 36.4 Å². The lowest BCUT2D eigenvalue weighted by Gasteiger charge is -2.07. The number of rotatable bonds is 4. The molecule has 0 aliphatic heterocycles. The van der Waals surface area contributed by atoms with Crippen molar-refractivity contribution in [2.75, 3.05) is 0 Å². The van der Waals surface area contributed by atoms with Crippen molar-refractivity contribution < 1.29 is 24.1 Å². The van der Waals surface area contributed by atoms with E-state index < -0.39 is 11.8 Å². The Morgan fingerprint density at radius 1 is 1.16 bits per heavy atom. The standard InChI is InChI=1S/C14H11FO4/c15-13-7-9(14(17)18)1-2-10(13)8-19-12-5-3-11(16)4-6-12/h1-7,16H,8H2,(H,17,18). The Morgan fingerprint density at radius 3 is 2.42 bits per heavy atom. The van der Waals surface area contributed by atoms with Crippen LogP contribution in [0.25, 0.3) is 0 Å². The first-order chi connectivity index (χ1) is 9.06. The monoisotopic (exact) mass is 262 g/mol. The molecule has 0 saturated heterocycles. The highest BCUT2D eigenvalue weighted by molar-refractivity contribution is 5.87. The highest BCUT2D eigenvalue weighted by Gasteiger charge is 2.08. The number of halogens is 1. The molecular weight excluding hydrogens is 251 g/mol. The molecule has 0 unspecified atom stereocenters. The van der Waals surface area contributed by atoms with E-state index in [0.29, 0.717) is 5.75 Å². The summed E-state index contributed by atoms with van der Waals surface area (Å²) < 4.78 is 18.9. The molecule has 0 fully saturated rings. The summed E-state index contributed by atoms with van der Waals surface area (Å²) in [6.45, 7) is -0.0174. The van der Waals surface area contributed by atoms with Gasteiger partial charge in [0.15, 0.2) is 0 Å². The first-order valence-electron chi connectivity index (χ1n) is 5.50. The third kappa shape index (κ3) is 3.22. The lowest BCUT2D eigenvalue weighted by Crippen LogP contribution is -2.02. The number of aromatic carboxylic acids is 1. The second-order valence-electron chi connectivity index (χ2n) is 3.89. The number of carboxylic acids is 1. The van der Waals surface area contributed by atoms with E-state index in [0.717, 1.165) is 6.07 Å². The summed E-state index contributed by atoms with van der Waals surface area (Å²) in [6.07, 6.45) is 0. The average Bonchev–Trinajstić information content (AvgIpc) is 2.39. The molecule has 98 valence electrons. The maximum Gasteiger partial charge on any atom is 0.335 e. The minimum absolute atomic E-state index is 0.0174. The van der Waals surface area contributed by atoms with Crippen LogP contribution in [-0.2, 0) is 6.61 Å². The Balaban J connectivity index is 2.07. The fourth-order valence-corrected chi connectivity index (χ4v) is 1.50. The van der Waals surface area contributed by atoms with Crippen molar-refractivity contribution in [1.82, 2.24) is 0 Å². The Kier molecular flexibility index (Phi) is 3.66. The number of hydrogen-bond acceptors (Lipinski definition) is 3. The molecule has 2 aromatic carbocycles. The topological polar surface area (TPSA) is 66.8 Å².